The topological polar surface area (TPSA) is 123 Å². The summed E-state index contributed by atoms with van der Waals surface area (Å²) in [5.74, 6) is -2.13. The number of piperidine rings is 1. The maximum Gasteiger partial charge on any atom is 0.227 e. The molecule has 4 rings (SSSR count). The predicted molar refractivity (Wildman–Crippen MR) is 197 cm³/mol. The van der Waals surface area contributed by atoms with Gasteiger partial charge in [0.1, 0.15) is 5.78 Å². The van der Waals surface area contributed by atoms with Crippen LogP contribution in [0.3, 0.4) is 0 Å². The third-order valence-corrected chi connectivity index (χ3v) is 15.7. The number of allylic oxidation sites excluding steroid dienone is 1. The average Bonchev–Trinajstić information content (AvgIpc) is 3.87. The monoisotopic (exact) mass is 715 g/mol. The molecule has 1 aliphatic heterocycles. The van der Waals surface area contributed by atoms with Crippen molar-refractivity contribution in [1.29, 1.82) is 0 Å². The smallest absolute Gasteiger partial charge is 0.227 e. The molecule has 1 unspecified atom stereocenters. The molecule has 1 heterocycles. The molecule has 0 radical (unpaired) electrons. The second kappa shape index (κ2) is 15.1. The van der Waals surface area contributed by atoms with Gasteiger partial charge in [0.25, 0.3) is 0 Å². The van der Waals surface area contributed by atoms with E-state index < -0.39 is 54.9 Å². The largest absolute Gasteiger partial charge is 0.332 e. The van der Waals surface area contributed by atoms with Crippen molar-refractivity contribution >= 4 is 38.9 Å². The Hall–Kier alpha value is -2.16. The van der Waals surface area contributed by atoms with Gasteiger partial charge in [0, 0.05) is 44.1 Å². The van der Waals surface area contributed by atoms with E-state index in [0.717, 1.165) is 38.5 Å². The molecule has 5 atom stereocenters. The number of ketones is 4. The second-order valence-electron chi connectivity index (χ2n) is 19.2. The highest BCUT2D eigenvalue weighted by atomic mass is 32.2. The molecule has 9 heteroatoms. The van der Waals surface area contributed by atoms with E-state index >= 15 is 0 Å². The lowest BCUT2D eigenvalue weighted by Gasteiger charge is -2.40. The molecular formula is C41H65NO7S. The molecule has 0 bridgehead atoms. The second-order valence-corrected chi connectivity index (χ2v) is 21.9. The quantitative estimate of drug-likeness (QED) is 0.106. The number of amides is 1. The molecule has 0 aromatic heterocycles. The van der Waals surface area contributed by atoms with Crippen LogP contribution in [-0.4, -0.2) is 65.4 Å². The average molecular weight is 716 g/mol. The fraction of sp³-hybridized carbons (Fsp3) is 0.829. The molecule has 0 aromatic carbocycles. The molecule has 1 saturated heterocycles. The van der Waals surface area contributed by atoms with Gasteiger partial charge in [-0.25, -0.2) is 8.42 Å². The highest BCUT2D eigenvalue weighted by Gasteiger charge is 2.69. The number of nitrogens with zero attached hydrogens (tertiary/aromatic N) is 1. The van der Waals surface area contributed by atoms with E-state index in [1.54, 1.807) is 31.7 Å². The van der Waals surface area contributed by atoms with E-state index in [2.05, 4.69) is 20.4 Å². The molecule has 0 spiro atoms. The maximum absolute atomic E-state index is 14.6. The van der Waals surface area contributed by atoms with Crippen LogP contribution in [0.1, 0.15) is 145 Å². The summed E-state index contributed by atoms with van der Waals surface area (Å²) in [6.07, 6.45) is 9.89. The van der Waals surface area contributed by atoms with Crippen molar-refractivity contribution in [3.8, 4) is 0 Å². The Labute approximate surface area is 302 Å². The summed E-state index contributed by atoms with van der Waals surface area (Å²) < 4.78 is 25.9. The van der Waals surface area contributed by atoms with Crippen molar-refractivity contribution in [2.75, 3.05) is 12.3 Å². The van der Waals surface area contributed by atoms with Crippen LogP contribution < -0.4 is 0 Å². The van der Waals surface area contributed by atoms with E-state index in [-0.39, 0.29) is 66.2 Å². The van der Waals surface area contributed by atoms with Gasteiger partial charge in [-0.3, -0.25) is 24.0 Å². The number of hydrogen-bond acceptors (Lipinski definition) is 7. The van der Waals surface area contributed by atoms with Crippen LogP contribution >= 0.6 is 0 Å². The van der Waals surface area contributed by atoms with Crippen molar-refractivity contribution in [1.82, 2.24) is 4.90 Å². The van der Waals surface area contributed by atoms with Crippen molar-refractivity contribution in [2.45, 2.75) is 156 Å². The zero-order chi connectivity index (χ0) is 37.4. The van der Waals surface area contributed by atoms with Crippen molar-refractivity contribution in [3.63, 3.8) is 0 Å². The molecule has 3 aliphatic carbocycles. The van der Waals surface area contributed by atoms with Gasteiger partial charge in [-0.1, -0.05) is 72.8 Å². The van der Waals surface area contributed by atoms with Gasteiger partial charge in [-0.2, -0.15) is 0 Å². The van der Waals surface area contributed by atoms with Crippen LogP contribution in [0.4, 0.5) is 0 Å². The molecule has 3 saturated carbocycles. The number of hydrogen-bond donors (Lipinski definition) is 0. The number of rotatable bonds is 18. The molecular weight excluding hydrogens is 651 g/mol. The fourth-order valence-corrected chi connectivity index (χ4v) is 10.6. The third kappa shape index (κ3) is 9.25. The lowest BCUT2D eigenvalue weighted by molar-refractivity contribution is -0.148. The Morgan fingerprint density at radius 1 is 0.940 bits per heavy atom. The van der Waals surface area contributed by atoms with Crippen molar-refractivity contribution in [3.05, 3.63) is 12.7 Å². The highest BCUT2D eigenvalue weighted by Crippen LogP contribution is 2.65. The highest BCUT2D eigenvalue weighted by molar-refractivity contribution is 7.92. The molecule has 0 aromatic rings. The minimum absolute atomic E-state index is 0.00388. The van der Waals surface area contributed by atoms with Gasteiger partial charge in [0.2, 0.25) is 11.7 Å². The number of carbonyl (C=O) groups is 5. The first-order chi connectivity index (χ1) is 23.0. The van der Waals surface area contributed by atoms with E-state index in [1.807, 2.05) is 20.8 Å². The Balaban J connectivity index is 1.55. The summed E-state index contributed by atoms with van der Waals surface area (Å²) in [6, 6.07) is -0.691. The number of fused-ring (bicyclic) bond motifs is 1. The van der Waals surface area contributed by atoms with Crippen LogP contribution in [0, 0.1) is 45.8 Å². The summed E-state index contributed by atoms with van der Waals surface area (Å²) in [5.41, 5.74) is -1.33. The Morgan fingerprint density at radius 3 is 2.10 bits per heavy atom. The Bertz CT molecular complexity index is 1440. The normalized spacial score (nSPS) is 25.7. The fourth-order valence-electron chi connectivity index (χ4n) is 8.98. The molecule has 282 valence electrons. The van der Waals surface area contributed by atoms with Crippen LogP contribution in [-0.2, 0) is 33.8 Å². The Morgan fingerprint density at radius 2 is 1.56 bits per heavy atom. The van der Waals surface area contributed by atoms with E-state index in [4.69, 9.17) is 0 Å². The number of carbonyl (C=O) groups excluding carboxylic acids is 5. The maximum atomic E-state index is 14.6. The van der Waals surface area contributed by atoms with Crippen molar-refractivity contribution in [2.24, 2.45) is 45.8 Å². The summed E-state index contributed by atoms with van der Waals surface area (Å²) in [7, 11) is -3.46. The standard InChI is InChI=1S/C41H65NO7S/c1-10-11-15-32(44)36(46)28(19-18-27-16-17-27)22-33(45)35-34-31(40(34,8)9)25-42(35)37(47)30(38(2,3)4)23-29(43)24-41(20-13-12-14-21-41)26-50(48,49)39(5,6)7/h10,27-28,30-31,34-35H,1,11-26H2,2-9H3/t28-,30-,31?,34+,35-/m1/s1. The zero-order valence-electron chi connectivity index (χ0n) is 32.3. The minimum Gasteiger partial charge on any atom is -0.332 e. The van der Waals surface area contributed by atoms with Crippen LogP contribution in [0.25, 0.3) is 0 Å². The molecule has 8 nitrogen and oxygen atoms in total. The summed E-state index contributed by atoms with van der Waals surface area (Å²) in [5, 5.41) is 0. The van der Waals surface area contributed by atoms with Gasteiger partial charge in [0.15, 0.2) is 21.4 Å². The van der Waals surface area contributed by atoms with Crippen molar-refractivity contribution < 1.29 is 32.4 Å². The van der Waals surface area contributed by atoms with Gasteiger partial charge >= 0.3 is 0 Å². The first kappa shape index (κ1) is 40.6. The van der Waals surface area contributed by atoms with Crippen LogP contribution in [0.2, 0.25) is 0 Å². The number of sulfone groups is 1. The van der Waals surface area contributed by atoms with Gasteiger partial charge in [0.05, 0.1) is 16.5 Å². The predicted octanol–water partition coefficient (Wildman–Crippen LogP) is 7.51. The van der Waals surface area contributed by atoms with E-state index in [0.29, 0.717) is 38.1 Å². The van der Waals surface area contributed by atoms with Gasteiger partial charge in [-0.15, -0.1) is 6.58 Å². The summed E-state index contributed by atoms with van der Waals surface area (Å²) in [4.78, 5) is 70.8. The van der Waals surface area contributed by atoms with Gasteiger partial charge in [-0.05, 0) is 86.9 Å². The summed E-state index contributed by atoms with van der Waals surface area (Å²) >= 11 is 0. The van der Waals surface area contributed by atoms with E-state index in [9.17, 15) is 32.4 Å². The molecule has 4 fully saturated rings. The molecule has 0 N–H and O–H groups in total. The van der Waals surface area contributed by atoms with Crippen LogP contribution in [0.5, 0.6) is 0 Å². The minimum atomic E-state index is -3.46. The van der Waals surface area contributed by atoms with Gasteiger partial charge < -0.3 is 4.90 Å². The lowest BCUT2D eigenvalue weighted by atomic mass is 9.70. The van der Waals surface area contributed by atoms with Crippen LogP contribution in [0.15, 0.2) is 12.7 Å². The third-order valence-electron chi connectivity index (χ3n) is 12.8. The molecule has 4 aliphatic rings. The van der Waals surface area contributed by atoms with E-state index in [1.165, 1.54) is 0 Å². The first-order valence-electron chi connectivity index (χ1n) is 19.3. The zero-order valence-corrected chi connectivity index (χ0v) is 33.1. The summed E-state index contributed by atoms with van der Waals surface area (Å²) in [6.45, 7) is 19.3. The Kier molecular flexibility index (Phi) is 12.2. The SMILES string of the molecule is C=CCCC(=O)C(=O)[C@H](CCC1CC1)CC(=O)[C@@H]1[C@@H]2C(CN1C(=O)[C@@H](CC(=O)CC1(CS(=O)(=O)C(C)(C)C)CCCCC1)C(C)(C)C)C2(C)C. The number of Topliss-reactive ketones (excluding diaryl/α,β-unsaturated/α-hetero) is 4. The number of likely N-dealkylation sites (tertiary alicyclic amines) is 1. The molecule has 1 amide bonds. The first-order valence-corrected chi connectivity index (χ1v) is 20.9. The lowest BCUT2D eigenvalue weighted by Crippen LogP contribution is -2.51. The molecule has 50 heavy (non-hydrogen) atoms.